The van der Waals surface area contributed by atoms with E-state index in [1.165, 1.54) is 13.2 Å². The van der Waals surface area contributed by atoms with E-state index in [9.17, 15) is 19.2 Å². The maximum absolute atomic E-state index is 13.0. The Bertz CT molecular complexity index is 1060. The van der Waals surface area contributed by atoms with Gasteiger partial charge in [0.2, 0.25) is 0 Å². The summed E-state index contributed by atoms with van der Waals surface area (Å²) >= 11 is 0. The molecule has 2 heterocycles. The number of carbonyl (C=O) groups is 3. The largest absolute Gasteiger partial charge is 0.497 e. The van der Waals surface area contributed by atoms with Gasteiger partial charge in [0, 0.05) is 23.6 Å². The molecule has 152 valence electrons. The van der Waals surface area contributed by atoms with Gasteiger partial charge in [-0.15, -0.1) is 0 Å². The van der Waals surface area contributed by atoms with Crippen molar-refractivity contribution in [2.24, 2.45) is 5.92 Å². The molecule has 2 aromatic rings. The molecule has 8 nitrogen and oxygen atoms in total. The standard InChI is InChI=1S/C21H22N2O6/c1-12-5-3-4-6-16(12)23-20(26)19(25)22(21(23)27)11-13-9-18(24)29-17-10-14(28-2)7-8-15(13)17/h7-10,12,16H,3-6,11H2,1-2H3/t12-,16-/m0/s1. The van der Waals surface area contributed by atoms with Gasteiger partial charge in [-0.25, -0.2) is 9.59 Å². The molecule has 29 heavy (non-hydrogen) atoms. The van der Waals surface area contributed by atoms with Gasteiger partial charge in [-0.1, -0.05) is 19.8 Å². The molecule has 4 rings (SSSR count). The van der Waals surface area contributed by atoms with E-state index >= 15 is 0 Å². The van der Waals surface area contributed by atoms with Crippen molar-refractivity contribution in [2.45, 2.75) is 45.2 Å². The van der Waals surface area contributed by atoms with Gasteiger partial charge in [0.15, 0.2) is 0 Å². The van der Waals surface area contributed by atoms with Crippen LogP contribution in [0.2, 0.25) is 0 Å². The first-order chi connectivity index (χ1) is 13.9. The van der Waals surface area contributed by atoms with Crippen LogP contribution >= 0.6 is 0 Å². The summed E-state index contributed by atoms with van der Waals surface area (Å²) in [5.41, 5.74) is 0.117. The molecule has 1 aliphatic heterocycles. The highest BCUT2D eigenvalue weighted by Gasteiger charge is 2.49. The summed E-state index contributed by atoms with van der Waals surface area (Å²) in [5, 5.41) is 0.572. The smallest absolute Gasteiger partial charge is 0.336 e. The first kappa shape index (κ1) is 19.2. The van der Waals surface area contributed by atoms with Crippen LogP contribution in [0.1, 0.15) is 38.2 Å². The van der Waals surface area contributed by atoms with Crippen molar-refractivity contribution in [3.8, 4) is 5.75 Å². The van der Waals surface area contributed by atoms with Gasteiger partial charge in [-0.3, -0.25) is 19.4 Å². The number of fused-ring (bicyclic) bond motifs is 1. The fourth-order valence-electron chi connectivity index (χ4n) is 4.27. The van der Waals surface area contributed by atoms with E-state index in [0.717, 1.165) is 29.1 Å². The monoisotopic (exact) mass is 398 g/mol. The molecule has 0 unspecified atom stereocenters. The lowest BCUT2D eigenvalue weighted by Crippen LogP contribution is -2.46. The Morgan fingerprint density at radius 2 is 1.83 bits per heavy atom. The van der Waals surface area contributed by atoms with Crippen LogP contribution < -0.4 is 10.4 Å². The van der Waals surface area contributed by atoms with Crippen LogP contribution in [0, 0.1) is 5.92 Å². The van der Waals surface area contributed by atoms with E-state index in [-0.39, 0.29) is 24.1 Å². The molecule has 1 aliphatic carbocycles. The lowest BCUT2D eigenvalue weighted by Gasteiger charge is -2.34. The highest BCUT2D eigenvalue weighted by Crippen LogP contribution is 2.32. The number of carbonyl (C=O) groups excluding carboxylic acids is 3. The predicted octanol–water partition coefficient (Wildman–Crippen LogP) is 2.67. The molecule has 0 radical (unpaired) electrons. The molecule has 1 saturated heterocycles. The molecule has 2 fully saturated rings. The SMILES string of the molecule is COc1ccc2c(CN3C(=O)C(=O)N([C@H]4CCCC[C@@H]4C)C3=O)cc(=O)oc2c1. The van der Waals surface area contributed by atoms with Crippen molar-refractivity contribution >= 4 is 28.8 Å². The number of imide groups is 2. The third-order valence-corrected chi connectivity index (χ3v) is 5.85. The average molecular weight is 398 g/mol. The Morgan fingerprint density at radius 3 is 2.55 bits per heavy atom. The number of hydrogen-bond acceptors (Lipinski definition) is 6. The quantitative estimate of drug-likeness (QED) is 0.446. The number of amides is 4. The highest BCUT2D eigenvalue weighted by molar-refractivity contribution is 6.44. The number of methoxy groups -OCH3 is 1. The second-order valence-corrected chi connectivity index (χ2v) is 7.63. The van der Waals surface area contributed by atoms with Crippen molar-refractivity contribution in [3.63, 3.8) is 0 Å². The first-order valence-corrected chi connectivity index (χ1v) is 9.70. The molecule has 2 atom stereocenters. The summed E-state index contributed by atoms with van der Waals surface area (Å²) in [7, 11) is 1.50. The zero-order valence-electron chi connectivity index (χ0n) is 16.3. The molecule has 1 aromatic heterocycles. The lowest BCUT2D eigenvalue weighted by atomic mass is 9.85. The lowest BCUT2D eigenvalue weighted by molar-refractivity contribution is -0.144. The number of urea groups is 1. The molecule has 2 aliphatic rings. The maximum atomic E-state index is 13.0. The van der Waals surface area contributed by atoms with E-state index in [4.69, 9.17) is 9.15 Å². The Morgan fingerprint density at radius 1 is 1.07 bits per heavy atom. The fraction of sp³-hybridized carbons (Fsp3) is 0.429. The molecule has 0 N–H and O–H groups in total. The molecule has 1 aromatic carbocycles. The van der Waals surface area contributed by atoms with E-state index in [2.05, 4.69) is 0 Å². The first-order valence-electron chi connectivity index (χ1n) is 9.70. The van der Waals surface area contributed by atoms with Crippen LogP contribution in [0.3, 0.4) is 0 Å². The summed E-state index contributed by atoms with van der Waals surface area (Å²) in [6.07, 6.45) is 3.60. The van der Waals surface area contributed by atoms with Crippen molar-refractivity contribution in [2.75, 3.05) is 7.11 Å². The van der Waals surface area contributed by atoms with E-state index in [1.54, 1.807) is 18.2 Å². The van der Waals surface area contributed by atoms with Crippen molar-refractivity contribution < 1.29 is 23.5 Å². The fourth-order valence-corrected chi connectivity index (χ4v) is 4.27. The third kappa shape index (κ3) is 3.28. The highest BCUT2D eigenvalue weighted by atomic mass is 16.5. The molecule has 0 spiro atoms. The Labute approximate surface area is 167 Å². The van der Waals surface area contributed by atoms with Gasteiger partial charge in [0.25, 0.3) is 0 Å². The second kappa shape index (κ2) is 7.35. The van der Waals surface area contributed by atoms with Crippen LogP contribution in [0.15, 0.2) is 33.5 Å². The molecule has 1 saturated carbocycles. The molecule has 8 heteroatoms. The van der Waals surface area contributed by atoms with Gasteiger partial charge in [0.1, 0.15) is 11.3 Å². The molecular weight excluding hydrogens is 376 g/mol. The number of nitrogens with zero attached hydrogens (tertiary/aromatic N) is 2. The average Bonchev–Trinajstić information content (AvgIpc) is 2.91. The molecule has 0 bridgehead atoms. The van der Waals surface area contributed by atoms with E-state index in [1.807, 2.05) is 6.92 Å². The van der Waals surface area contributed by atoms with Crippen molar-refractivity contribution in [3.05, 3.63) is 40.2 Å². The second-order valence-electron chi connectivity index (χ2n) is 7.63. The van der Waals surface area contributed by atoms with Gasteiger partial charge < -0.3 is 9.15 Å². The maximum Gasteiger partial charge on any atom is 0.336 e. The van der Waals surface area contributed by atoms with Crippen LogP contribution in [0.25, 0.3) is 11.0 Å². The van der Waals surface area contributed by atoms with Crippen molar-refractivity contribution in [1.29, 1.82) is 0 Å². The number of hydrogen-bond donors (Lipinski definition) is 0. The summed E-state index contributed by atoms with van der Waals surface area (Å²) in [5.74, 6) is -0.981. The zero-order valence-corrected chi connectivity index (χ0v) is 16.3. The van der Waals surface area contributed by atoms with Gasteiger partial charge in [0.05, 0.1) is 13.7 Å². The summed E-state index contributed by atoms with van der Waals surface area (Å²) in [4.78, 5) is 52.2. The van der Waals surface area contributed by atoms with Crippen LogP contribution in [-0.4, -0.2) is 40.8 Å². The number of rotatable bonds is 4. The van der Waals surface area contributed by atoms with Crippen LogP contribution in [0.5, 0.6) is 5.75 Å². The van der Waals surface area contributed by atoms with E-state index < -0.39 is 23.5 Å². The van der Waals surface area contributed by atoms with E-state index in [0.29, 0.717) is 23.1 Å². The third-order valence-electron chi connectivity index (χ3n) is 5.85. The van der Waals surface area contributed by atoms with Crippen LogP contribution in [0.4, 0.5) is 4.79 Å². The van der Waals surface area contributed by atoms with Gasteiger partial charge >= 0.3 is 23.5 Å². The van der Waals surface area contributed by atoms with Crippen LogP contribution in [-0.2, 0) is 16.1 Å². The van der Waals surface area contributed by atoms with Crippen molar-refractivity contribution in [1.82, 2.24) is 9.80 Å². The molecular formula is C21H22N2O6. The molecule has 4 amide bonds. The minimum absolute atomic E-state index is 0.154. The van der Waals surface area contributed by atoms with Gasteiger partial charge in [-0.05, 0) is 36.5 Å². The Hall–Kier alpha value is -3.16. The van der Waals surface area contributed by atoms with Gasteiger partial charge in [-0.2, -0.15) is 0 Å². The predicted molar refractivity (Wildman–Crippen MR) is 103 cm³/mol. The Balaban J connectivity index is 1.67. The summed E-state index contributed by atoms with van der Waals surface area (Å²) in [6, 6.07) is 5.31. The minimum atomic E-state index is -0.859. The summed E-state index contributed by atoms with van der Waals surface area (Å²) in [6.45, 7) is 1.83. The summed E-state index contributed by atoms with van der Waals surface area (Å²) < 4.78 is 10.4. The topological polar surface area (TPSA) is 97.1 Å². The zero-order chi connectivity index (χ0) is 20.7. The minimum Gasteiger partial charge on any atom is -0.497 e. The number of benzene rings is 1. The Kier molecular flexibility index (Phi) is 4.86. The normalized spacial score (nSPS) is 22.6. The number of ether oxygens (including phenoxy) is 1.